The molecule has 4 heteroatoms. The molecule has 0 saturated carbocycles. The first-order chi connectivity index (χ1) is 6.02. The first-order valence-corrected chi connectivity index (χ1v) is 4.28. The molecule has 0 fully saturated rings. The van der Waals surface area contributed by atoms with Crippen LogP contribution in [0.2, 0.25) is 5.02 Å². The molecule has 0 spiro atoms. The van der Waals surface area contributed by atoms with Gasteiger partial charge in [0.15, 0.2) is 0 Å². The van der Waals surface area contributed by atoms with E-state index < -0.39 is 18.0 Å². The molecule has 0 bridgehead atoms. The van der Waals surface area contributed by atoms with E-state index in [1.807, 2.05) is 0 Å². The summed E-state index contributed by atoms with van der Waals surface area (Å²) in [4.78, 5) is 0. The molecule has 3 N–H and O–H groups in total. The fourth-order valence-corrected chi connectivity index (χ4v) is 1.21. The van der Waals surface area contributed by atoms with Crippen molar-refractivity contribution in [2.75, 3.05) is 0 Å². The highest BCUT2D eigenvalue weighted by Gasteiger charge is 2.16. The van der Waals surface area contributed by atoms with Gasteiger partial charge in [-0.3, -0.25) is 0 Å². The number of hydrogen-bond donors (Lipinski definition) is 2. The van der Waals surface area contributed by atoms with Gasteiger partial charge in [-0.25, -0.2) is 4.39 Å². The number of nitrogens with two attached hydrogens (primary N) is 1. The highest BCUT2D eigenvalue weighted by molar-refractivity contribution is 6.30. The molecule has 0 heterocycles. The van der Waals surface area contributed by atoms with Crippen LogP contribution in [0.5, 0.6) is 0 Å². The standard InChI is InChI=1S/C9H11ClFNO/c1-5(13)9(12)7-4-6(10)2-3-8(7)11/h2-5,9,13H,12H2,1H3. The van der Waals surface area contributed by atoms with Crippen LogP contribution in [-0.2, 0) is 0 Å². The molecular weight excluding hydrogens is 193 g/mol. The maximum atomic E-state index is 13.1. The summed E-state index contributed by atoms with van der Waals surface area (Å²) in [7, 11) is 0. The summed E-state index contributed by atoms with van der Waals surface area (Å²) in [5, 5.41) is 9.56. The zero-order valence-electron chi connectivity index (χ0n) is 7.17. The van der Waals surface area contributed by atoms with E-state index in [1.54, 1.807) is 0 Å². The van der Waals surface area contributed by atoms with E-state index in [4.69, 9.17) is 22.4 Å². The van der Waals surface area contributed by atoms with Crippen molar-refractivity contribution in [1.29, 1.82) is 0 Å². The van der Waals surface area contributed by atoms with Crippen LogP contribution in [0.1, 0.15) is 18.5 Å². The van der Waals surface area contributed by atoms with Crippen molar-refractivity contribution in [3.63, 3.8) is 0 Å². The second-order valence-electron chi connectivity index (χ2n) is 2.93. The van der Waals surface area contributed by atoms with Gasteiger partial charge in [-0.05, 0) is 25.1 Å². The van der Waals surface area contributed by atoms with Crippen LogP contribution in [0.3, 0.4) is 0 Å². The Morgan fingerprint density at radius 3 is 2.69 bits per heavy atom. The molecule has 72 valence electrons. The van der Waals surface area contributed by atoms with Gasteiger partial charge in [-0.15, -0.1) is 0 Å². The van der Waals surface area contributed by atoms with E-state index in [2.05, 4.69) is 0 Å². The van der Waals surface area contributed by atoms with Crippen LogP contribution in [0.15, 0.2) is 18.2 Å². The molecule has 0 aliphatic carbocycles. The lowest BCUT2D eigenvalue weighted by molar-refractivity contribution is 0.162. The van der Waals surface area contributed by atoms with Gasteiger partial charge in [0.1, 0.15) is 5.82 Å². The molecule has 0 radical (unpaired) electrons. The van der Waals surface area contributed by atoms with Gasteiger partial charge >= 0.3 is 0 Å². The van der Waals surface area contributed by atoms with E-state index in [0.29, 0.717) is 5.02 Å². The van der Waals surface area contributed by atoms with Crippen molar-refractivity contribution < 1.29 is 9.50 Å². The Balaban J connectivity index is 3.05. The Morgan fingerprint density at radius 1 is 1.54 bits per heavy atom. The first kappa shape index (κ1) is 10.4. The predicted octanol–water partition coefficient (Wildman–Crippen LogP) is 1.86. The highest BCUT2D eigenvalue weighted by Crippen LogP contribution is 2.21. The van der Waals surface area contributed by atoms with Crippen molar-refractivity contribution in [2.45, 2.75) is 19.1 Å². The quantitative estimate of drug-likeness (QED) is 0.771. The number of hydrogen-bond acceptors (Lipinski definition) is 2. The van der Waals surface area contributed by atoms with Gasteiger partial charge < -0.3 is 10.8 Å². The Labute approximate surface area is 81.1 Å². The van der Waals surface area contributed by atoms with Gasteiger partial charge in [0.2, 0.25) is 0 Å². The minimum Gasteiger partial charge on any atom is -0.391 e. The number of aliphatic hydroxyl groups excluding tert-OH is 1. The van der Waals surface area contributed by atoms with Crippen LogP contribution >= 0.6 is 11.6 Å². The van der Waals surface area contributed by atoms with Crippen molar-refractivity contribution in [3.8, 4) is 0 Å². The largest absolute Gasteiger partial charge is 0.391 e. The topological polar surface area (TPSA) is 46.2 Å². The molecule has 13 heavy (non-hydrogen) atoms. The summed E-state index contributed by atoms with van der Waals surface area (Å²) in [6, 6.07) is 3.36. The van der Waals surface area contributed by atoms with Gasteiger partial charge in [-0.1, -0.05) is 11.6 Å². The third kappa shape index (κ3) is 2.40. The van der Waals surface area contributed by atoms with Crippen LogP contribution in [0.4, 0.5) is 4.39 Å². The maximum absolute atomic E-state index is 13.1. The van der Waals surface area contributed by atoms with Crippen molar-refractivity contribution >= 4 is 11.6 Å². The van der Waals surface area contributed by atoms with E-state index in [-0.39, 0.29) is 5.56 Å². The summed E-state index contributed by atoms with van der Waals surface area (Å²) < 4.78 is 13.1. The molecule has 0 saturated heterocycles. The minimum atomic E-state index is -0.798. The van der Waals surface area contributed by atoms with Gasteiger partial charge in [0.05, 0.1) is 12.1 Å². The van der Waals surface area contributed by atoms with E-state index in [9.17, 15) is 4.39 Å². The monoisotopic (exact) mass is 203 g/mol. The average Bonchev–Trinajstić information content (AvgIpc) is 2.08. The predicted molar refractivity (Wildman–Crippen MR) is 50.0 cm³/mol. The normalized spacial score (nSPS) is 15.5. The number of rotatable bonds is 2. The Bertz CT molecular complexity index is 304. The second-order valence-corrected chi connectivity index (χ2v) is 3.37. The van der Waals surface area contributed by atoms with Crippen LogP contribution in [0, 0.1) is 5.82 Å². The number of benzene rings is 1. The summed E-state index contributed by atoms with van der Waals surface area (Å²) in [6.45, 7) is 1.50. The molecule has 0 aromatic heterocycles. The third-order valence-corrected chi connectivity index (χ3v) is 2.07. The lowest BCUT2D eigenvalue weighted by Crippen LogP contribution is -2.24. The van der Waals surface area contributed by atoms with Crippen molar-refractivity contribution in [1.82, 2.24) is 0 Å². The van der Waals surface area contributed by atoms with E-state index in [0.717, 1.165) is 0 Å². The molecule has 1 aromatic carbocycles. The second kappa shape index (κ2) is 4.05. The maximum Gasteiger partial charge on any atom is 0.128 e. The lowest BCUT2D eigenvalue weighted by atomic mass is 10.0. The van der Waals surface area contributed by atoms with Crippen molar-refractivity contribution in [3.05, 3.63) is 34.6 Å². The summed E-state index contributed by atoms with van der Waals surface area (Å²) in [5.41, 5.74) is 5.80. The van der Waals surface area contributed by atoms with Gasteiger partial charge in [-0.2, -0.15) is 0 Å². The van der Waals surface area contributed by atoms with Crippen LogP contribution in [0.25, 0.3) is 0 Å². The van der Waals surface area contributed by atoms with E-state index in [1.165, 1.54) is 25.1 Å². The smallest absolute Gasteiger partial charge is 0.128 e. The third-order valence-electron chi connectivity index (χ3n) is 1.84. The van der Waals surface area contributed by atoms with Gasteiger partial charge in [0, 0.05) is 10.6 Å². The molecule has 2 unspecified atom stereocenters. The number of halogens is 2. The zero-order chi connectivity index (χ0) is 10.0. The molecule has 1 aromatic rings. The molecule has 2 atom stereocenters. The van der Waals surface area contributed by atoms with Crippen LogP contribution < -0.4 is 5.73 Å². The Morgan fingerprint density at radius 2 is 2.15 bits per heavy atom. The zero-order valence-corrected chi connectivity index (χ0v) is 7.92. The molecule has 0 aliphatic rings. The van der Waals surface area contributed by atoms with Crippen molar-refractivity contribution in [2.24, 2.45) is 5.73 Å². The Hall–Kier alpha value is -0.640. The first-order valence-electron chi connectivity index (χ1n) is 3.91. The fraction of sp³-hybridized carbons (Fsp3) is 0.333. The molecular formula is C9H11ClFNO. The Kier molecular flexibility index (Phi) is 3.25. The fourth-order valence-electron chi connectivity index (χ4n) is 1.03. The summed E-state index contributed by atoms with van der Waals surface area (Å²) >= 11 is 5.66. The molecule has 0 aliphatic heterocycles. The van der Waals surface area contributed by atoms with E-state index >= 15 is 0 Å². The molecule has 1 rings (SSSR count). The van der Waals surface area contributed by atoms with Gasteiger partial charge in [0.25, 0.3) is 0 Å². The molecule has 2 nitrogen and oxygen atoms in total. The molecule has 0 amide bonds. The highest BCUT2D eigenvalue weighted by atomic mass is 35.5. The summed E-state index contributed by atoms with van der Waals surface area (Å²) in [6.07, 6.45) is -0.798. The average molecular weight is 204 g/mol. The number of aliphatic hydroxyl groups is 1. The SMILES string of the molecule is CC(O)C(N)c1cc(Cl)ccc1F. The minimum absolute atomic E-state index is 0.238. The summed E-state index contributed by atoms with van der Waals surface area (Å²) in [5.74, 6) is -0.446. The van der Waals surface area contributed by atoms with Crippen LogP contribution in [-0.4, -0.2) is 11.2 Å². The lowest BCUT2D eigenvalue weighted by Gasteiger charge is -2.15.